The summed E-state index contributed by atoms with van der Waals surface area (Å²) in [5.41, 5.74) is 1.19. The Labute approximate surface area is 105 Å². The van der Waals surface area contributed by atoms with E-state index in [0.717, 1.165) is 31.5 Å². The first-order valence-corrected chi connectivity index (χ1v) is 6.22. The predicted molar refractivity (Wildman–Crippen MR) is 65.5 cm³/mol. The van der Waals surface area contributed by atoms with Crippen LogP contribution in [0.2, 0.25) is 0 Å². The molecule has 1 saturated heterocycles. The van der Waals surface area contributed by atoms with Crippen molar-refractivity contribution in [1.29, 1.82) is 0 Å². The van der Waals surface area contributed by atoms with Crippen molar-refractivity contribution in [1.82, 2.24) is 4.90 Å². The lowest BCUT2D eigenvalue weighted by atomic mass is 10.1. The van der Waals surface area contributed by atoms with Crippen LogP contribution < -0.4 is 0 Å². The van der Waals surface area contributed by atoms with Gasteiger partial charge in [0, 0.05) is 18.7 Å². The van der Waals surface area contributed by atoms with E-state index in [-0.39, 0.29) is 11.5 Å². The highest BCUT2D eigenvalue weighted by atomic mass is 35.5. The average Bonchev–Trinajstić information content (AvgIpc) is 2.84. The molecule has 4 heteroatoms. The zero-order valence-corrected chi connectivity index (χ0v) is 10.5. The summed E-state index contributed by atoms with van der Waals surface area (Å²) in [5.74, 6) is -0.600. The summed E-state index contributed by atoms with van der Waals surface area (Å²) in [6.45, 7) is 3.32. The lowest BCUT2D eigenvalue weighted by Crippen LogP contribution is -2.31. The second-order valence-corrected chi connectivity index (χ2v) is 4.86. The van der Waals surface area contributed by atoms with E-state index in [1.807, 2.05) is 6.92 Å². The van der Waals surface area contributed by atoms with Crippen LogP contribution in [0.3, 0.4) is 0 Å². The molecule has 2 rings (SSSR count). The van der Waals surface area contributed by atoms with E-state index in [1.54, 1.807) is 17.0 Å². The molecule has 1 aromatic carbocycles. The van der Waals surface area contributed by atoms with E-state index in [9.17, 15) is 9.18 Å². The topological polar surface area (TPSA) is 20.3 Å². The van der Waals surface area contributed by atoms with Crippen molar-refractivity contribution < 1.29 is 9.18 Å². The van der Waals surface area contributed by atoms with Crippen LogP contribution in [-0.2, 0) is 4.79 Å². The molecule has 1 aliphatic heterocycles. The molecule has 1 fully saturated rings. The minimum atomic E-state index is -0.909. The monoisotopic (exact) mass is 255 g/mol. The lowest BCUT2D eigenvalue weighted by molar-refractivity contribution is -0.129. The van der Waals surface area contributed by atoms with Crippen molar-refractivity contribution in [3.8, 4) is 0 Å². The van der Waals surface area contributed by atoms with Gasteiger partial charge in [0.25, 0.3) is 0 Å². The third kappa shape index (κ3) is 2.60. The van der Waals surface area contributed by atoms with Gasteiger partial charge in [0.2, 0.25) is 5.91 Å². The van der Waals surface area contributed by atoms with E-state index in [2.05, 4.69) is 0 Å². The number of amides is 1. The number of halogens is 2. The number of rotatable bonds is 2. The standard InChI is InChI=1S/C13H15ClFNO/c1-9-4-5-11(15)10(8-9)12(14)13(17)16-6-2-3-7-16/h4-5,8,12H,2-3,6-7H2,1H3. The maximum Gasteiger partial charge on any atom is 0.245 e. The Balaban J connectivity index is 2.20. The van der Waals surface area contributed by atoms with Gasteiger partial charge < -0.3 is 4.90 Å². The Kier molecular flexibility index (Phi) is 3.67. The summed E-state index contributed by atoms with van der Waals surface area (Å²) in [6, 6.07) is 4.67. The van der Waals surface area contributed by atoms with Crippen molar-refractivity contribution in [2.45, 2.75) is 25.1 Å². The maximum absolute atomic E-state index is 13.6. The number of nitrogens with zero attached hydrogens (tertiary/aromatic N) is 1. The number of carbonyl (C=O) groups is 1. The minimum Gasteiger partial charge on any atom is -0.341 e. The molecule has 2 nitrogen and oxygen atoms in total. The van der Waals surface area contributed by atoms with Gasteiger partial charge in [0.1, 0.15) is 11.2 Å². The molecule has 1 amide bonds. The SMILES string of the molecule is Cc1ccc(F)c(C(Cl)C(=O)N2CCCC2)c1. The fourth-order valence-electron chi connectivity index (χ4n) is 2.09. The molecule has 0 aromatic heterocycles. The van der Waals surface area contributed by atoms with E-state index < -0.39 is 11.2 Å². The molecule has 0 saturated carbocycles. The Morgan fingerprint density at radius 1 is 1.41 bits per heavy atom. The van der Waals surface area contributed by atoms with Gasteiger partial charge in [-0.15, -0.1) is 11.6 Å². The molecule has 0 radical (unpaired) electrons. The van der Waals surface area contributed by atoms with Gasteiger partial charge in [-0.2, -0.15) is 0 Å². The maximum atomic E-state index is 13.6. The minimum absolute atomic E-state index is 0.186. The Hall–Kier alpha value is -1.09. The van der Waals surface area contributed by atoms with Crippen molar-refractivity contribution in [2.75, 3.05) is 13.1 Å². The summed E-state index contributed by atoms with van der Waals surface area (Å²) in [7, 11) is 0. The molecular weight excluding hydrogens is 241 g/mol. The molecule has 1 heterocycles. The normalized spacial score (nSPS) is 17.2. The largest absolute Gasteiger partial charge is 0.341 e. The number of carbonyl (C=O) groups excluding carboxylic acids is 1. The van der Waals surface area contributed by atoms with E-state index in [1.165, 1.54) is 6.07 Å². The van der Waals surface area contributed by atoms with Gasteiger partial charge in [0.05, 0.1) is 0 Å². The second kappa shape index (κ2) is 5.05. The van der Waals surface area contributed by atoms with Gasteiger partial charge in [0.15, 0.2) is 0 Å². The number of benzene rings is 1. The zero-order valence-electron chi connectivity index (χ0n) is 9.75. The molecule has 0 spiro atoms. The van der Waals surface area contributed by atoms with E-state index in [4.69, 9.17) is 11.6 Å². The summed E-state index contributed by atoms with van der Waals surface area (Å²) < 4.78 is 13.6. The van der Waals surface area contributed by atoms with Crippen LogP contribution in [0, 0.1) is 12.7 Å². The fraction of sp³-hybridized carbons (Fsp3) is 0.462. The van der Waals surface area contributed by atoms with Crippen LogP contribution >= 0.6 is 11.6 Å². The van der Waals surface area contributed by atoms with E-state index >= 15 is 0 Å². The van der Waals surface area contributed by atoms with Gasteiger partial charge >= 0.3 is 0 Å². The van der Waals surface area contributed by atoms with Gasteiger partial charge in [-0.3, -0.25) is 4.79 Å². The van der Waals surface area contributed by atoms with Crippen LogP contribution in [0.25, 0.3) is 0 Å². The predicted octanol–water partition coefficient (Wildman–Crippen LogP) is 3.04. The van der Waals surface area contributed by atoms with Crippen molar-refractivity contribution in [2.24, 2.45) is 0 Å². The van der Waals surface area contributed by atoms with Crippen molar-refractivity contribution in [3.63, 3.8) is 0 Å². The molecule has 17 heavy (non-hydrogen) atoms. The Bertz CT molecular complexity index is 429. The zero-order chi connectivity index (χ0) is 12.4. The van der Waals surface area contributed by atoms with Crippen LogP contribution in [0.1, 0.15) is 29.3 Å². The highest BCUT2D eigenvalue weighted by Crippen LogP contribution is 2.27. The van der Waals surface area contributed by atoms with Crippen LogP contribution in [-0.4, -0.2) is 23.9 Å². The molecule has 1 unspecified atom stereocenters. The van der Waals surface area contributed by atoms with E-state index in [0.29, 0.717) is 0 Å². The third-order valence-electron chi connectivity index (χ3n) is 3.06. The number of hydrogen-bond acceptors (Lipinski definition) is 1. The lowest BCUT2D eigenvalue weighted by Gasteiger charge is -2.19. The van der Waals surface area contributed by atoms with Crippen LogP contribution in [0.15, 0.2) is 18.2 Å². The molecular formula is C13H15ClFNO. The molecule has 1 aromatic rings. The van der Waals surface area contributed by atoms with Crippen LogP contribution in [0.4, 0.5) is 4.39 Å². The molecule has 0 bridgehead atoms. The van der Waals surface area contributed by atoms with Crippen molar-refractivity contribution >= 4 is 17.5 Å². The Morgan fingerprint density at radius 3 is 2.71 bits per heavy atom. The molecule has 0 aliphatic carbocycles. The highest BCUT2D eigenvalue weighted by molar-refractivity contribution is 6.30. The number of likely N-dealkylation sites (tertiary alicyclic amines) is 1. The third-order valence-corrected chi connectivity index (χ3v) is 3.48. The molecule has 1 aliphatic rings. The second-order valence-electron chi connectivity index (χ2n) is 4.42. The summed E-state index contributed by atoms with van der Waals surface area (Å²) in [5, 5.41) is -0.909. The first-order chi connectivity index (χ1) is 8.09. The van der Waals surface area contributed by atoms with Crippen molar-refractivity contribution in [3.05, 3.63) is 35.1 Å². The van der Waals surface area contributed by atoms with Gasteiger partial charge in [-0.25, -0.2) is 4.39 Å². The first kappa shape index (κ1) is 12.4. The molecule has 0 N–H and O–H groups in total. The molecule has 92 valence electrons. The average molecular weight is 256 g/mol. The molecule has 1 atom stereocenters. The quantitative estimate of drug-likeness (QED) is 0.744. The summed E-state index contributed by atoms with van der Waals surface area (Å²) in [6.07, 6.45) is 2.01. The fourth-order valence-corrected chi connectivity index (χ4v) is 2.39. The number of aryl methyl sites for hydroxylation is 1. The number of hydrogen-bond donors (Lipinski definition) is 0. The van der Waals surface area contributed by atoms with Gasteiger partial charge in [-0.05, 0) is 25.8 Å². The summed E-state index contributed by atoms with van der Waals surface area (Å²) in [4.78, 5) is 13.7. The highest BCUT2D eigenvalue weighted by Gasteiger charge is 2.27. The van der Waals surface area contributed by atoms with Crippen LogP contribution in [0.5, 0.6) is 0 Å². The number of alkyl halides is 1. The Morgan fingerprint density at radius 2 is 2.06 bits per heavy atom. The smallest absolute Gasteiger partial charge is 0.245 e. The summed E-state index contributed by atoms with van der Waals surface area (Å²) >= 11 is 6.08. The first-order valence-electron chi connectivity index (χ1n) is 5.78. The van der Waals surface area contributed by atoms with Gasteiger partial charge in [-0.1, -0.05) is 17.7 Å².